The first-order valence-corrected chi connectivity index (χ1v) is 20.1. The Morgan fingerprint density at radius 1 is 1.04 bits per heavy atom. The molecule has 2 saturated heterocycles. The SMILES string of the molecule is CC(C)(C)OC(=O)N1CCC(C2CCN(C[C@H](O)Cn3nc(-c4ccc(Cl)c(C#Cc5cccnc5)c4)c4c3CCN(S(C)(=O)=O)C4)CC2)CC1. The first kappa shape index (κ1) is 37.3. The minimum Gasteiger partial charge on any atom is -0.444 e. The fourth-order valence-corrected chi connectivity index (χ4v) is 8.47. The van der Waals surface area contributed by atoms with E-state index < -0.39 is 21.7 Å². The number of halogens is 1. The van der Waals surface area contributed by atoms with Crippen molar-refractivity contribution in [2.75, 3.05) is 45.5 Å². The molecule has 0 radical (unpaired) electrons. The Hall–Kier alpha value is -3.47. The van der Waals surface area contributed by atoms with Gasteiger partial charge in [0, 0.05) is 79.5 Å². The number of hydrogen-bond acceptors (Lipinski definition) is 8. The summed E-state index contributed by atoms with van der Waals surface area (Å²) in [6.07, 6.45) is 8.42. The summed E-state index contributed by atoms with van der Waals surface area (Å²) in [5.74, 6) is 7.48. The van der Waals surface area contributed by atoms with Crippen LogP contribution in [0.2, 0.25) is 5.02 Å². The van der Waals surface area contributed by atoms with Crippen molar-refractivity contribution in [1.29, 1.82) is 0 Å². The Balaban J connectivity index is 1.11. The van der Waals surface area contributed by atoms with Gasteiger partial charge in [-0.25, -0.2) is 13.2 Å². The van der Waals surface area contributed by atoms with Crippen LogP contribution in [-0.4, -0.2) is 106 Å². The maximum atomic E-state index is 12.6. The minimum absolute atomic E-state index is 0.211. The highest BCUT2D eigenvalue weighted by Gasteiger charge is 2.34. The molecule has 1 N–H and O–H groups in total. The van der Waals surface area contributed by atoms with Crippen molar-refractivity contribution in [3.8, 4) is 23.1 Å². The van der Waals surface area contributed by atoms with Gasteiger partial charge in [-0.2, -0.15) is 9.40 Å². The van der Waals surface area contributed by atoms with E-state index in [1.165, 1.54) is 10.6 Å². The van der Waals surface area contributed by atoms with Crippen molar-refractivity contribution in [3.05, 3.63) is 70.1 Å². The van der Waals surface area contributed by atoms with Gasteiger partial charge >= 0.3 is 6.09 Å². The number of benzene rings is 1. The lowest BCUT2D eigenvalue weighted by atomic mass is 9.79. The van der Waals surface area contributed by atoms with Gasteiger partial charge < -0.3 is 19.6 Å². The minimum atomic E-state index is -3.41. The summed E-state index contributed by atoms with van der Waals surface area (Å²) < 4.78 is 34.1. The third-order valence-corrected chi connectivity index (χ3v) is 11.7. The molecule has 13 heteroatoms. The van der Waals surface area contributed by atoms with Crippen LogP contribution in [0.1, 0.15) is 68.8 Å². The predicted octanol–water partition coefficient (Wildman–Crippen LogP) is 5.04. The van der Waals surface area contributed by atoms with Crippen molar-refractivity contribution in [1.82, 2.24) is 28.9 Å². The molecule has 0 spiro atoms. The van der Waals surface area contributed by atoms with E-state index in [4.69, 9.17) is 21.4 Å². The lowest BCUT2D eigenvalue weighted by Gasteiger charge is -2.40. The van der Waals surface area contributed by atoms with Crippen LogP contribution in [-0.2, 0) is 34.3 Å². The van der Waals surface area contributed by atoms with Crippen molar-refractivity contribution < 1.29 is 23.1 Å². The second-order valence-electron chi connectivity index (χ2n) is 15.1. The van der Waals surface area contributed by atoms with E-state index >= 15 is 0 Å². The van der Waals surface area contributed by atoms with E-state index in [-0.39, 0.29) is 12.6 Å². The Morgan fingerprint density at radius 3 is 2.39 bits per heavy atom. The quantitative estimate of drug-likeness (QED) is 0.336. The van der Waals surface area contributed by atoms with Gasteiger partial charge in [0.2, 0.25) is 10.0 Å². The summed E-state index contributed by atoms with van der Waals surface area (Å²) in [4.78, 5) is 20.8. The van der Waals surface area contributed by atoms with Crippen molar-refractivity contribution in [2.24, 2.45) is 11.8 Å². The number of β-amino-alcohol motifs (C(OH)–C–C–N with tert-alkyl or cyclic N) is 1. The molecule has 3 aliphatic heterocycles. The fraction of sp³-hybridized carbons (Fsp3) is 0.553. The van der Waals surface area contributed by atoms with Crippen LogP contribution in [0.5, 0.6) is 0 Å². The zero-order valence-corrected chi connectivity index (χ0v) is 31.6. The van der Waals surface area contributed by atoms with Crippen LogP contribution in [0.3, 0.4) is 0 Å². The molecule has 1 amide bonds. The van der Waals surface area contributed by atoms with E-state index in [0.29, 0.717) is 54.2 Å². The summed E-state index contributed by atoms with van der Waals surface area (Å²) >= 11 is 6.54. The molecule has 2 aromatic heterocycles. The van der Waals surface area contributed by atoms with Crippen LogP contribution in [0.4, 0.5) is 4.79 Å². The number of amides is 1. The summed E-state index contributed by atoms with van der Waals surface area (Å²) in [6.45, 7) is 10.5. The standard InChI is InChI=1S/C38H49ClN6O5S/c1-38(2,3)50-37(47)43-19-13-29(14-20-43)28-11-17-42(18-12-28)24-32(46)25-45-35-15-21-44(51(4,48)49)26-33(35)36(41-45)31-9-10-34(39)30(22-31)8-7-27-6-5-16-40-23-27/h5-6,9-10,16,22-23,28-29,32,46H,11-15,17-21,24-26H2,1-4H3/t32-/m0/s1. The normalized spacial score (nSPS) is 18.9. The highest BCUT2D eigenvalue weighted by molar-refractivity contribution is 7.88. The first-order valence-electron chi connectivity index (χ1n) is 17.9. The molecule has 0 aliphatic carbocycles. The molecule has 6 rings (SSSR count). The van der Waals surface area contributed by atoms with E-state index in [9.17, 15) is 18.3 Å². The second-order valence-corrected chi connectivity index (χ2v) is 17.5. The molecule has 3 aliphatic rings. The van der Waals surface area contributed by atoms with Gasteiger partial charge in [-0.15, -0.1) is 0 Å². The lowest BCUT2D eigenvalue weighted by molar-refractivity contribution is 0.0123. The molecular formula is C38H49ClN6O5S. The average Bonchev–Trinajstić information content (AvgIpc) is 3.45. The Labute approximate surface area is 307 Å². The molecule has 0 saturated carbocycles. The van der Waals surface area contributed by atoms with Gasteiger partial charge in [0.15, 0.2) is 0 Å². The van der Waals surface area contributed by atoms with Gasteiger partial charge in [0.1, 0.15) is 5.60 Å². The molecule has 3 aromatic rings. The number of carbonyl (C=O) groups excluding carboxylic acids is 1. The third-order valence-electron chi connectivity index (χ3n) is 10.2. The molecule has 51 heavy (non-hydrogen) atoms. The molecule has 5 heterocycles. The number of ether oxygens (including phenoxy) is 1. The number of sulfonamides is 1. The number of likely N-dealkylation sites (tertiary alicyclic amines) is 2. The highest BCUT2D eigenvalue weighted by atomic mass is 35.5. The molecular weight excluding hydrogens is 688 g/mol. The molecule has 11 nitrogen and oxygen atoms in total. The third kappa shape index (κ3) is 9.50. The topological polar surface area (TPSA) is 121 Å². The number of fused-ring (bicyclic) bond motifs is 1. The first-order chi connectivity index (χ1) is 24.2. The second kappa shape index (κ2) is 15.6. The van der Waals surface area contributed by atoms with Crippen LogP contribution in [0, 0.1) is 23.7 Å². The number of aliphatic hydroxyl groups is 1. The number of nitrogens with zero attached hydrogens (tertiary/aromatic N) is 6. The maximum Gasteiger partial charge on any atom is 0.410 e. The molecule has 1 aromatic carbocycles. The molecule has 2 fully saturated rings. The Morgan fingerprint density at radius 2 is 1.75 bits per heavy atom. The number of hydrogen-bond donors (Lipinski definition) is 1. The van der Waals surface area contributed by atoms with Crippen molar-refractivity contribution in [2.45, 2.75) is 77.7 Å². The van der Waals surface area contributed by atoms with E-state index in [1.54, 1.807) is 18.5 Å². The summed E-state index contributed by atoms with van der Waals surface area (Å²) in [7, 11) is -3.41. The Kier molecular flexibility index (Phi) is 11.4. The number of aromatic nitrogens is 3. The number of piperidine rings is 2. The van der Waals surface area contributed by atoms with Gasteiger partial charge in [-0.05, 0) is 95.6 Å². The summed E-state index contributed by atoms with van der Waals surface area (Å²) in [6, 6.07) is 9.26. The van der Waals surface area contributed by atoms with Gasteiger partial charge in [0.05, 0.1) is 29.6 Å². The highest BCUT2D eigenvalue weighted by Crippen LogP contribution is 2.35. The van der Waals surface area contributed by atoms with Gasteiger partial charge in [-0.3, -0.25) is 9.67 Å². The molecule has 1 atom stereocenters. The van der Waals surface area contributed by atoms with E-state index in [1.807, 2.05) is 54.6 Å². The van der Waals surface area contributed by atoms with E-state index in [2.05, 4.69) is 21.7 Å². The monoisotopic (exact) mass is 736 g/mol. The summed E-state index contributed by atoms with van der Waals surface area (Å²) in [5, 5.41) is 16.9. The van der Waals surface area contributed by atoms with Crippen LogP contribution in [0.25, 0.3) is 11.3 Å². The van der Waals surface area contributed by atoms with Crippen LogP contribution in [0.15, 0.2) is 42.7 Å². The Bertz CT molecular complexity index is 1870. The van der Waals surface area contributed by atoms with Crippen LogP contribution < -0.4 is 0 Å². The molecule has 0 bridgehead atoms. The van der Waals surface area contributed by atoms with Crippen molar-refractivity contribution in [3.63, 3.8) is 0 Å². The number of carbonyl (C=O) groups is 1. The number of rotatable bonds is 7. The van der Waals surface area contributed by atoms with E-state index in [0.717, 1.165) is 74.2 Å². The largest absolute Gasteiger partial charge is 0.444 e. The number of pyridine rings is 1. The van der Waals surface area contributed by atoms with Gasteiger partial charge in [-0.1, -0.05) is 29.5 Å². The van der Waals surface area contributed by atoms with Crippen LogP contribution >= 0.6 is 11.6 Å². The van der Waals surface area contributed by atoms with Gasteiger partial charge in [0.25, 0.3) is 0 Å². The average molecular weight is 737 g/mol. The zero-order valence-electron chi connectivity index (χ0n) is 30.0. The zero-order chi connectivity index (χ0) is 36.3. The lowest BCUT2D eigenvalue weighted by Crippen LogP contribution is -2.45. The fourth-order valence-electron chi connectivity index (χ4n) is 7.52. The molecule has 0 unspecified atom stereocenters. The smallest absolute Gasteiger partial charge is 0.410 e. The molecule has 274 valence electrons. The van der Waals surface area contributed by atoms with Crippen molar-refractivity contribution >= 4 is 27.7 Å². The summed E-state index contributed by atoms with van der Waals surface area (Å²) in [5.41, 5.74) is 4.15. The maximum absolute atomic E-state index is 12.6. The predicted molar refractivity (Wildman–Crippen MR) is 198 cm³/mol. The number of aliphatic hydroxyl groups excluding tert-OH is 1.